The van der Waals surface area contributed by atoms with E-state index in [4.69, 9.17) is 14.6 Å². The fraction of sp³-hybridized carbons (Fsp3) is 0.286. The third-order valence-electron chi connectivity index (χ3n) is 2.88. The monoisotopic (exact) mass is 291 g/mol. The van der Waals surface area contributed by atoms with Crippen molar-refractivity contribution in [2.45, 2.75) is 12.8 Å². The van der Waals surface area contributed by atoms with Gasteiger partial charge in [-0.25, -0.2) is 4.98 Å². The molecule has 1 aliphatic rings. The number of fused-ring (bicyclic) bond motifs is 1. The number of rotatable bonds is 3. The largest absolute Gasteiger partial charge is 0.490 e. The fourth-order valence-electron chi connectivity index (χ4n) is 1.97. The van der Waals surface area contributed by atoms with E-state index in [1.54, 1.807) is 5.38 Å². The molecule has 0 amide bonds. The van der Waals surface area contributed by atoms with Crippen molar-refractivity contribution in [2.75, 3.05) is 13.2 Å². The maximum absolute atomic E-state index is 10.7. The minimum absolute atomic E-state index is 0.0545. The first kappa shape index (κ1) is 12.9. The van der Waals surface area contributed by atoms with Crippen molar-refractivity contribution in [1.29, 1.82) is 0 Å². The first-order valence-electron chi connectivity index (χ1n) is 6.28. The van der Waals surface area contributed by atoms with Crippen molar-refractivity contribution in [3.63, 3.8) is 0 Å². The zero-order valence-corrected chi connectivity index (χ0v) is 11.5. The van der Waals surface area contributed by atoms with E-state index in [-0.39, 0.29) is 6.42 Å². The smallest absolute Gasteiger partial charge is 0.309 e. The van der Waals surface area contributed by atoms with Gasteiger partial charge in [0.25, 0.3) is 0 Å². The van der Waals surface area contributed by atoms with Crippen LogP contribution in [-0.4, -0.2) is 29.3 Å². The van der Waals surface area contributed by atoms with Crippen LogP contribution in [0, 0.1) is 0 Å². The van der Waals surface area contributed by atoms with Gasteiger partial charge in [-0.05, 0) is 18.2 Å². The summed E-state index contributed by atoms with van der Waals surface area (Å²) in [4.78, 5) is 15.0. The van der Waals surface area contributed by atoms with Gasteiger partial charge in [0.15, 0.2) is 11.5 Å². The Kier molecular flexibility index (Phi) is 3.56. The Balaban J connectivity index is 1.88. The molecule has 6 heteroatoms. The summed E-state index contributed by atoms with van der Waals surface area (Å²) in [5.74, 6) is 0.587. The van der Waals surface area contributed by atoms with Gasteiger partial charge in [-0.3, -0.25) is 4.79 Å². The van der Waals surface area contributed by atoms with Gasteiger partial charge in [-0.15, -0.1) is 11.3 Å². The molecular weight excluding hydrogens is 278 g/mol. The lowest BCUT2D eigenvalue weighted by Crippen LogP contribution is -1.99. The molecule has 1 N–H and O–H groups in total. The van der Waals surface area contributed by atoms with Gasteiger partial charge in [0.05, 0.1) is 25.3 Å². The molecule has 2 aromatic rings. The van der Waals surface area contributed by atoms with Crippen LogP contribution in [0.15, 0.2) is 23.6 Å². The molecular formula is C14H13NO4S. The van der Waals surface area contributed by atoms with Crippen LogP contribution < -0.4 is 9.47 Å². The Morgan fingerprint density at radius 1 is 1.30 bits per heavy atom. The number of benzene rings is 1. The van der Waals surface area contributed by atoms with Crippen molar-refractivity contribution < 1.29 is 19.4 Å². The minimum atomic E-state index is -0.875. The molecule has 0 aliphatic carbocycles. The van der Waals surface area contributed by atoms with Crippen LogP contribution >= 0.6 is 11.3 Å². The standard InChI is InChI=1S/C14H13NO4S/c16-13(17)7-10-8-20-14(15-10)9-2-3-11-12(6-9)19-5-1-4-18-11/h2-3,6,8H,1,4-5,7H2,(H,16,17). The number of aliphatic carboxylic acids is 1. The molecule has 3 rings (SSSR count). The predicted molar refractivity (Wildman–Crippen MR) is 74.5 cm³/mol. The highest BCUT2D eigenvalue weighted by Crippen LogP contribution is 2.35. The van der Waals surface area contributed by atoms with Crippen molar-refractivity contribution in [2.24, 2.45) is 0 Å². The highest BCUT2D eigenvalue weighted by molar-refractivity contribution is 7.13. The molecule has 0 spiro atoms. The third-order valence-corrected chi connectivity index (χ3v) is 3.82. The van der Waals surface area contributed by atoms with Crippen LogP contribution in [0.25, 0.3) is 10.6 Å². The van der Waals surface area contributed by atoms with Crippen molar-refractivity contribution in [3.05, 3.63) is 29.3 Å². The Hall–Kier alpha value is -2.08. The molecule has 20 heavy (non-hydrogen) atoms. The van der Waals surface area contributed by atoms with Gasteiger partial charge in [0, 0.05) is 17.4 Å². The van der Waals surface area contributed by atoms with Gasteiger partial charge >= 0.3 is 5.97 Å². The van der Waals surface area contributed by atoms with Crippen LogP contribution in [0.2, 0.25) is 0 Å². The van der Waals surface area contributed by atoms with Crippen LogP contribution in [0.4, 0.5) is 0 Å². The van der Waals surface area contributed by atoms with E-state index in [9.17, 15) is 4.79 Å². The van der Waals surface area contributed by atoms with Gasteiger partial charge in [-0.1, -0.05) is 0 Å². The zero-order valence-electron chi connectivity index (χ0n) is 10.7. The minimum Gasteiger partial charge on any atom is -0.490 e. The van der Waals surface area contributed by atoms with E-state index in [0.717, 1.165) is 28.5 Å². The summed E-state index contributed by atoms with van der Waals surface area (Å²) in [6.45, 7) is 1.30. The van der Waals surface area contributed by atoms with Crippen LogP contribution in [0.3, 0.4) is 0 Å². The summed E-state index contributed by atoms with van der Waals surface area (Å²) < 4.78 is 11.2. The number of carbonyl (C=O) groups is 1. The van der Waals surface area contributed by atoms with Crippen LogP contribution in [0.1, 0.15) is 12.1 Å². The lowest BCUT2D eigenvalue weighted by molar-refractivity contribution is -0.136. The fourth-order valence-corrected chi connectivity index (χ4v) is 2.79. The Morgan fingerprint density at radius 3 is 2.90 bits per heavy atom. The molecule has 0 unspecified atom stereocenters. The van der Waals surface area contributed by atoms with E-state index >= 15 is 0 Å². The number of aromatic nitrogens is 1. The SMILES string of the molecule is O=C(O)Cc1csc(-c2ccc3c(c2)OCCCO3)n1. The summed E-state index contributed by atoms with van der Waals surface area (Å²) in [6, 6.07) is 5.68. The quantitative estimate of drug-likeness (QED) is 0.941. The van der Waals surface area contributed by atoms with Crippen molar-refractivity contribution in [3.8, 4) is 22.1 Å². The third kappa shape index (κ3) is 2.75. The predicted octanol–water partition coefficient (Wildman–Crippen LogP) is 2.60. The van der Waals surface area contributed by atoms with Gasteiger partial charge in [0.1, 0.15) is 5.01 Å². The molecule has 0 bridgehead atoms. The van der Waals surface area contributed by atoms with Gasteiger partial charge in [0.2, 0.25) is 0 Å². The Morgan fingerprint density at radius 2 is 2.10 bits per heavy atom. The normalized spacial score (nSPS) is 13.8. The number of thiazole rings is 1. The van der Waals surface area contributed by atoms with E-state index in [2.05, 4.69) is 4.98 Å². The van der Waals surface area contributed by atoms with Gasteiger partial charge < -0.3 is 14.6 Å². The van der Waals surface area contributed by atoms with Crippen LogP contribution in [-0.2, 0) is 11.2 Å². The molecule has 2 heterocycles. The van der Waals surface area contributed by atoms with E-state index in [1.807, 2.05) is 18.2 Å². The second kappa shape index (κ2) is 5.50. The molecule has 0 fully saturated rings. The van der Waals surface area contributed by atoms with Crippen molar-refractivity contribution in [1.82, 2.24) is 4.98 Å². The number of hydrogen-bond acceptors (Lipinski definition) is 5. The molecule has 0 radical (unpaired) electrons. The highest BCUT2D eigenvalue weighted by Gasteiger charge is 2.13. The number of hydrogen-bond donors (Lipinski definition) is 1. The first-order valence-corrected chi connectivity index (χ1v) is 7.16. The topological polar surface area (TPSA) is 68.7 Å². The lowest BCUT2D eigenvalue weighted by Gasteiger charge is -2.07. The summed E-state index contributed by atoms with van der Waals surface area (Å²) >= 11 is 1.43. The maximum Gasteiger partial charge on any atom is 0.309 e. The molecule has 0 saturated carbocycles. The van der Waals surface area contributed by atoms with E-state index < -0.39 is 5.97 Å². The summed E-state index contributed by atoms with van der Waals surface area (Å²) in [7, 11) is 0. The summed E-state index contributed by atoms with van der Waals surface area (Å²) in [6.07, 6.45) is 0.811. The van der Waals surface area contributed by atoms with E-state index in [0.29, 0.717) is 18.9 Å². The summed E-state index contributed by atoms with van der Waals surface area (Å²) in [5, 5.41) is 11.3. The molecule has 1 aromatic carbocycles. The summed E-state index contributed by atoms with van der Waals surface area (Å²) in [5.41, 5.74) is 1.49. The average Bonchev–Trinajstić information content (AvgIpc) is 2.74. The van der Waals surface area contributed by atoms with Crippen LogP contribution in [0.5, 0.6) is 11.5 Å². The molecule has 0 saturated heterocycles. The molecule has 0 atom stereocenters. The average molecular weight is 291 g/mol. The second-order valence-corrected chi connectivity index (χ2v) is 5.28. The number of carboxylic acid groups (broad SMARTS) is 1. The van der Waals surface area contributed by atoms with Crippen molar-refractivity contribution >= 4 is 17.3 Å². The molecule has 1 aromatic heterocycles. The Bertz CT molecular complexity index is 638. The number of carboxylic acids is 1. The number of nitrogens with zero attached hydrogens (tertiary/aromatic N) is 1. The number of ether oxygens (including phenoxy) is 2. The highest BCUT2D eigenvalue weighted by atomic mass is 32.1. The van der Waals surface area contributed by atoms with Gasteiger partial charge in [-0.2, -0.15) is 0 Å². The second-order valence-electron chi connectivity index (χ2n) is 4.43. The maximum atomic E-state index is 10.7. The zero-order chi connectivity index (χ0) is 13.9. The molecule has 104 valence electrons. The molecule has 1 aliphatic heterocycles. The lowest BCUT2D eigenvalue weighted by atomic mass is 10.2. The van der Waals surface area contributed by atoms with E-state index in [1.165, 1.54) is 11.3 Å². The molecule has 5 nitrogen and oxygen atoms in total. The Labute approximate surface area is 119 Å². The first-order chi connectivity index (χ1) is 9.72.